The van der Waals surface area contributed by atoms with Gasteiger partial charge < -0.3 is 9.88 Å². The maximum absolute atomic E-state index is 4.78. The van der Waals surface area contributed by atoms with E-state index in [1.54, 1.807) is 0 Å². The van der Waals surface area contributed by atoms with Gasteiger partial charge >= 0.3 is 0 Å². The molecular weight excluding hydrogens is 324 g/mol. The van der Waals surface area contributed by atoms with Crippen LogP contribution in [0.2, 0.25) is 0 Å². The van der Waals surface area contributed by atoms with Crippen molar-refractivity contribution in [2.45, 2.75) is 25.4 Å². The Morgan fingerprint density at radius 2 is 1.77 bits per heavy atom. The van der Waals surface area contributed by atoms with Crippen molar-refractivity contribution < 1.29 is 0 Å². The van der Waals surface area contributed by atoms with Crippen LogP contribution in [0.4, 0.5) is 5.82 Å². The third-order valence-electron chi connectivity index (χ3n) is 4.64. The molecule has 2 aromatic heterocycles. The molecule has 6 nitrogen and oxygen atoms in total. The quantitative estimate of drug-likeness (QED) is 0.597. The van der Waals surface area contributed by atoms with Gasteiger partial charge in [-0.25, -0.2) is 9.97 Å². The highest BCUT2D eigenvalue weighted by Gasteiger charge is 2.26. The molecule has 2 heterocycles. The molecule has 0 spiro atoms. The zero-order chi connectivity index (χ0) is 17.3. The summed E-state index contributed by atoms with van der Waals surface area (Å²) in [7, 11) is 0. The summed E-state index contributed by atoms with van der Waals surface area (Å²) < 4.78 is 2.16. The van der Waals surface area contributed by atoms with Gasteiger partial charge in [0.15, 0.2) is 11.6 Å². The molecule has 1 aliphatic rings. The van der Waals surface area contributed by atoms with E-state index in [2.05, 4.69) is 20.1 Å². The van der Waals surface area contributed by atoms with Gasteiger partial charge in [-0.05, 0) is 25.0 Å². The van der Waals surface area contributed by atoms with Crippen LogP contribution in [0.25, 0.3) is 22.3 Å². The van der Waals surface area contributed by atoms with Crippen LogP contribution in [0.5, 0.6) is 0 Å². The predicted molar refractivity (Wildman–Crippen MR) is 101 cm³/mol. The molecule has 1 aliphatic carbocycles. The van der Waals surface area contributed by atoms with Gasteiger partial charge in [-0.3, -0.25) is 0 Å². The zero-order valence-electron chi connectivity index (χ0n) is 14.2. The van der Waals surface area contributed by atoms with Crippen LogP contribution in [0.3, 0.4) is 0 Å². The number of hydrogen-bond acceptors (Lipinski definition) is 5. The average molecular weight is 342 g/mol. The van der Waals surface area contributed by atoms with Crippen molar-refractivity contribution in [1.82, 2.24) is 24.7 Å². The normalized spacial score (nSPS) is 13.8. The minimum atomic E-state index is 0.559. The van der Waals surface area contributed by atoms with E-state index in [1.165, 1.54) is 12.8 Å². The van der Waals surface area contributed by atoms with Crippen molar-refractivity contribution in [3.8, 4) is 11.4 Å². The third kappa shape index (κ3) is 2.79. The lowest BCUT2D eigenvalue weighted by atomic mass is 10.2. The van der Waals surface area contributed by atoms with Gasteiger partial charge in [-0.15, -0.1) is 10.2 Å². The summed E-state index contributed by atoms with van der Waals surface area (Å²) in [5, 5.41) is 12.8. The molecule has 0 amide bonds. The molecule has 2 aromatic carbocycles. The summed E-state index contributed by atoms with van der Waals surface area (Å²) in [6, 6.07) is 18.7. The van der Waals surface area contributed by atoms with E-state index >= 15 is 0 Å². The van der Waals surface area contributed by atoms with Crippen LogP contribution in [0, 0.1) is 0 Å². The number of nitrogens with zero attached hydrogens (tertiary/aromatic N) is 5. The van der Waals surface area contributed by atoms with Crippen LogP contribution in [-0.2, 0) is 6.54 Å². The Kier molecular flexibility index (Phi) is 3.59. The summed E-state index contributed by atoms with van der Waals surface area (Å²) >= 11 is 0. The molecule has 0 aliphatic heterocycles. The van der Waals surface area contributed by atoms with Crippen molar-refractivity contribution in [2.24, 2.45) is 0 Å². The molecule has 4 aromatic rings. The summed E-state index contributed by atoms with van der Waals surface area (Å²) in [5.74, 6) is 2.48. The van der Waals surface area contributed by atoms with Gasteiger partial charge in [0.2, 0.25) is 0 Å². The maximum atomic E-state index is 4.78. The highest BCUT2D eigenvalue weighted by atomic mass is 15.3. The third-order valence-corrected chi connectivity index (χ3v) is 4.64. The Balaban J connectivity index is 1.52. The maximum Gasteiger partial charge on any atom is 0.162 e. The van der Waals surface area contributed by atoms with Gasteiger partial charge in [-0.1, -0.05) is 42.5 Å². The molecule has 0 bridgehead atoms. The molecule has 0 atom stereocenters. The van der Waals surface area contributed by atoms with Crippen molar-refractivity contribution >= 4 is 16.7 Å². The second-order valence-corrected chi connectivity index (χ2v) is 6.52. The summed E-state index contributed by atoms with van der Waals surface area (Å²) in [4.78, 5) is 9.50. The van der Waals surface area contributed by atoms with Gasteiger partial charge in [-0.2, -0.15) is 0 Å². The molecule has 6 heteroatoms. The Bertz CT molecular complexity index is 1050. The molecule has 1 N–H and O–H groups in total. The number of anilines is 1. The number of hydrogen-bond donors (Lipinski definition) is 1. The first-order valence-corrected chi connectivity index (χ1v) is 8.83. The Hall–Kier alpha value is -3.28. The predicted octanol–water partition coefficient (Wildman–Crippen LogP) is 3.84. The molecule has 26 heavy (non-hydrogen) atoms. The van der Waals surface area contributed by atoms with E-state index in [-0.39, 0.29) is 0 Å². The molecule has 0 unspecified atom stereocenters. The minimum Gasteiger partial charge on any atom is -0.362 e. The number of para-hydroxylation sites is 1. The van der Waals surface area contributed by atoms with E-state index in [9.17, 15) is 0 Å². The lowest BCUT2D eigenvalue weighted by Gasteiger charge is -2.11. The molecule has 128 valence electrons. The molecule has 5 rings (SSSR count). The largest absolute Gasteiger partial charge is 0.362 e. The van der Waals surface area contributed by atoms with Crippen LogP contribution >= 0.6 is 0 Å². The van der Waals surface area contributed by atoms with Gasteiger partial charge in [0, 0.05) is 17.0 Å². The van der Waals surface area contributed by atoms with Crippen molar-refractivity contribution in [2.75, 3.05) is 5.32 Å². The van der Waals surface area contributed by atoms with Gasteiger partial charge in [0.05, 0.1) is 12.1 Å². The Morgan fingerprint density at radius 1 is 0.962 bits per heavy atom. The van der Waals surface area contributed by atoms with E-state index in [0.717, 1.165) is 33.9 Å². The topological polar surface area (TPSA) is 68.5 Å². The summed E-state index contributed by atoms with van der Waals surface area (Å²) in [6.45, 7) is 0.589. The van der Waals surface area contributed by atoms with Crippen molar-refractivity contribution in [1.29, 1.82) is 0 Å². The van der Waals surface area contributed by atoms with Gasteiger partial charge in [0.25, 0.3) is 0 Å². The molecular formula is C20H18N6. The first kappa shape index (κ1) is 15.0. The Labute approximate surface area is 150 Å². The second-order valence-electron chi connectivity index (χ2n) is 6.52. The first-order valence-electron chi connectivity index (χ1n) is 8.83. The minimum absolute atomic E-state index is 0.559. The van der Waals surface area contributed by atoms with Crippen LogP contribution < -0.4 is 5.32 Å². The SMILES string of the molecule is c1ccc(-c2nc(NCc3nncn3C3CC3)c3ccccc3n2)cc1. The molecule has 1 fully saturated rings. The molecule has 0 radical (unpaired) electrons. The van der Waals surface area contributed by atoms with Crippen molar-refractivity contribution in [3.05, 3.63) is 66.7 Å². The van der Waals surface area contributed by atoms with Crippen LogP contribution in [-0.4, -0.2) is 24.7 Å². The fraction of sp³-hybridized carbons (Fsp3) is 0.200. The lowest BCUT2D eigenvalue weighted by Crippen LogP contribution is -2.09. The van der Waals surface area contributed by atoms with E-state index in [0.29, 0.717) is 12.6 Å². The second kappa shape index (κ2) is 6.22. The number of fused-ring (bicyclic) bond motifs is 1. The number of benzene rings is 2. The highest BCUT2D eigenvalue weighted by Crippen LogP contribution is 2.35. The summed E-state index contributed by atoms with van der Waals surface area (Å²) in [6.07, 6.45) is 4.24. The fourth-order valence-electron chi connectivity index (χ4n) is 3.14. The summed E-state index contributed by atoms with van der Waals surface area (Å²) in [5.41, 5.74) is 1.93. The number of aromatic nitrogens is 5. The zero-order valence-corrected chi connectivity index (χ0v) is 14.2. The monoisotopic (exact) mass is 342 g/mol. The smallest absolute Gasteiger partial charge is 0.162 e. The standard InChI is InChI=1S/C20H18N6/c1-2-6-14(7-3-1)19-23-17-9-5-4-8-16(17)20(24-19)21-12-18-25-22-13-26(18)15-10-11-15/h1-9,13,15H,10-12H2,(H,21,23,24). The fourth-order valence-corrected chi connectivity index (χ4v) is 3.14. The van der Waals surface area contributed by atoms with Crippen LogP contribution in [0.15, 0.2) is 60.9 Å². The molecule has 1 saturated carbocycles. The van der Waals surface area contributed by atoms with E-state index in [1.807, 2.05) is 60.9 Å². The van der Waals surface area contributed by atoms with Crippen LogP contribution in [0.1, 0.15) is 24.7 Å². The molecule has 0 saturated heterocycles. The Morgan fingerprint density at radius 3 is 2.62 bits per heavy atom. The first-order chi connectivity index (χ1) is 12.9. The number of nitrogens with one attached hydrogen (secondary N) is 1. The van der Waals surface area contributed by atoms with Crippen molar-refractivity contribution in [3.63, 3.8) is 0 Å². The van der Waals surface area contributed by atoms with E-state index in [4.69, 9.17) is 9.97 Å². The average Bonchev–Trinajstić information content (AvgIpc) is 3.44. The highest BCUT2D eigenvalue weighted by molar-refractivity contribution is 5.90. The van der Waals surface area contributed by atoms with E-state index < -0.39 is 0 Å². The number of rotatable bonds is 5. The van der Waals surface area contributed by atoms with Gasteiger partial charge in [0.1, 0.15) is 12.1 Å². The lowest BCUT2D eigenvalue weighted by molar-refractivity contribution is 0.690.